The third kappa shape index (κ3) is 4.88. The van der Waals surface area contributed by atoms with Crippen molar-refractivity contribution in [3.8, 4) is 0 Å². The second-order valence-corrected chi connectivity index (χ2v) is 11.1. The van der Waals surface area contributed by atoms with Crippen LogP contribution in [0.2, 0.25) is 0 Å². The number of carbonyl (C=O) groups excluding carboxylic acids is 2. The molecule has 2 aromatic rings. The Balaban J connectivity index is 1.42. The molecular weight excluding hydrogens is 454 g/mol. The molecule has 0 bridgehead atoms. The third-order valence-corrected chi connectivity index (χ3v) is 9.04. The van der Waals surface area contributed by atoms with Crippen LogP contribution < -0.4 is 5.32 Å². The highest BCUT2D eigenvalue weighted by Gasteiger charge is 2.36. The maximum atomic E-state index is 13.5. The molecular formula is C24H33N5O4S. The van der Waals surface area contributed by atoms with E-state index in [1.807, 2.05) is 31.2 Å². The van der Waals surface area contributed by atoms with Gasteiger partial charge in [-0.1, -0.05) is 18.2 Å². The monoisotopic (exact) mass is 487 g/mol. The summed E-state index contributed by atoms with van der Waals surface area (Å²) in [5.41, 5.74) is 2.64. The quantitative estimate of drug-likeness (QED) is 0.674. The number of hydrogen-bond acceptors (Lipinski definition) is 5. The Hall–Kier alpha value is -2.72. The molecule has 9 nitrogen and oxygen atoms in total. The lowest BCUT2D eigenvalue weighted by Crippen LogP contribution is -2.41. The Bertz CT molecular complexity index is 1180. The van der Waals surface area contributed by atoms with E-state index in [2.05, 4.69) is 10.4 Å². The van der Waals surface area contributed by atoms with Crippen molar-refractivity contribution >= 4 is 27.5 Å². The van der Waals surface area contributed by atoms with Crippen LogP contribution in [0.3, 0.4) is 0 Å². The number of para-hydroxylation sites is 1. The van der Waals surface area contributed by atoms with Crippen molar-refractivity contribution in [2.24, 2.45) is 5.92 Å². The zero-order valence-electron chi connectivity index (χ0n) is 20.1. The Kier molecular flexibility index (Phi) is 7.09. The SMILES string of the molecule is Cc1ccccc1NC(=O)C1CCN(S(=O)(=O)c2c(C)nn(CC(=O)N3CCCC3)c2C)CC1. The predicted molar refractivity (Wildman–Crippen MR) is 129 cm³/mol. The van der Waals surface area contributed by atoms with E-state index in [9.17, 15) is 18.0 Å². The summed E-state index contributed by atoms with van der Waals surface area (Å²) in [7, 11) is -3.78. The fraction of sp³-hybridized carbons (Fsp3) is 0.542. The van der Waals surface area contributed by atoms with E-state index in [0.29, 0.717) is 24.2 Å². The number of amides is 2. The van der Waals surface area contributed by atoms with Crippen LogP contribution in [-0.4, -0.2) is 65.4 Å². The van der Waals surface area contributed by atoms with Gasteiger partial charge in [0, 0.05) is 37.8 Å². The molecule has 1 N–H and O–H groups in total. The van der Waals surface area contributed by atoms with Gasteiger partial charge in [0.2, 0.25) is 21.8 Å². The maximum Gasteiger partial charge on any atom is 0.246 e. The average Bonchev–Trinajstić information content (AvgIpc) is 3.44. The van der Waals surface area contributed by atoms with Crippen molar-refractivity contribution in [2.45, 2.75) is 57.9 Å². The minimum absolute atomic E-state index is 0.0347. The molecule has 0 aliphatic carbocycles. The van der Waals surface area contributed by atoms with E-state index >= 15 is 0 Å². The summed E-state index contributed by atoms with van der Waals surface area (Å²) in [6.45, 7) is 7.38. The van der Waals surface area contributed by atoms with Gasteiger partial charge >= 0.3 is 0 Å². The van der Waals surface area contributed by atoms with Crippen molar-refractivity contribution in [1.82, 2.24) is 19.0 Å². The van der Waals surface area contributed by atoms with Gasteiger partial charge in [0.25, 0.3) is 0 Å². The molecule has 2 aliphatic heterocycles. The van der Waals surface area contributed by atoms with Crippen molar-refractivity contribution in [1.29, 1.82) is 0 Å². The number of aryl methyl sites for hydroxylation is 2. The van der Waals surface area contributed by atoms with Crippen molar-refractivity contribution in [3.05, 3.63) is 41.2 Å². The highest BCUT2D eigenvalue weighted by molar-refractivity contribution is 7.89. The Morgan fingerprint density at radius 2 is 1.68 bits per heavy atom. The number of rotatable bonds is 6. The highest BCUT2D eigenvalue weighted by Crippen LogP contribution is 2.29. The summed E-state index contributed by atoms with van der Waals surface area (Å²) in [6.07, 6.45) is 2.91. The zero-order chi connectivity index (χ0) is 24.5. The summed E-state index contributed by atoms with van der Waals surface area (Å²) in [6, 6.07) is 7.60. The van der Waals surface area contributed by atoms with E-state index in [-0.39, 0.29) is 42.3 Å². The van der Waals surface area contributed by atoms with E-state index in [1.165, 1.54) is 8.99 Å². The molecule has 2 fully saturated rings. The standard InChI is InChI=1S/C24H33N5O4S/c1-17-8-4-5-9-21(17)25-24(31)20-10-14-28(15-11-20)34(32,33)23-18(2)26-29(19(23)3)16-22(30)27-12-6-7-13-27/h4-5,8-9,20H,6-7,10-16H2,1-3H3,(H,25,31). The van der Waals surface area contributed by atoms with Crippen LogP contribution in [0.25, 0.3) is 0 Å². The van der Waals surface area contributed by atoms with Gasteiger partial charge in [-0.15, -0.1) is 0 Å². The fourth-order valence-corrected chi connectivity index (χ4v) is 6.68. The first-order valence-corrected chi connectivity index (χ1v) is 13.3. The molecule has 4 rings (SSSR count). The summed E-state index contributed by atoms with van der Waals surface area (Å²) in [5.74, 6) is -0.353. The highest BCUT2D eigenvalue weighted by atomic mass is 32.2. The van der Waals surface area contributed by atoms with Gasteiger partial charge in [-0.05, 0) is 58.1 Å². The van der Waals surface area contributed by atoms with Gasteiger partial charge < -0.3 is 10.2 Å². The third-order valence-electron chi connectivity index (χ3n) is 6.88. The molecule has 3 heterocycles. The number of aromatic nitrogens is 2. The number of piperidine rings is 1. The average molecular weight is 488 g/mol. The molecule has 0 unspecified atom stereocenters. The number of benzene rings is 1. The smallest absolute Gasteiger partial charge is 0.246 e. The first-order chi connectivity index (χ1) is 16.2. The second-order valence-electron chi connectivity index (χ2n) is 9.23. The van der Waals surface area contributed by atoms with Crippen molar-refractivity contribution in [3.63, 3.8) is 0 Å². The normalized spacial score (nSPS) is 17.8. The second kappa shape index (κ2) is 9.87. The summed E-state index contributed by atoms with van der Waals surface area (Å²) in [4.78, 5) is 27.3. The fourth-order valence-electron chi connectivity index (χ4n) is 4.84. The van der Waals surface area contributed by atoms with E-state index in [0.717, 1.165) is 37.2 Å². The molecule has 184 valence electrons. The Morgan fingerprint density at radius 1 is 1.03 bits per heavy atom. The van der Waals surface area contributed by atoms with E-state index in [1.54, 1.807) is 18.7 Å². The number of hydrogen-bond donors (Lipinski definition) is 1. The summed E-state index contributed by atoms with van der Waals surface area (Å²) in [5, 5.41) is 7.35. The predicted octanol–water partition coefficient (Wildman–Crippen LogP) is 2.47. The minimum Gasteiger partial charge on any atom is -0.341 e. The lowest BCUT2D eigenvalue weighted by atomic mass is 9.97. The van der Waals surface area contributed by atoms with Crippen LogP contribution in [-0.2, 0) is 26.2 Å². The zero-order valence-corrected chi connectivity index (χ0v) is 20.9. The van der Waals surface area contributed by atoms with Gasteiger partial charge in [-0.25, -0.2) is 8.42 Å². The largest absolute Gasteiger partial charge is 0.341 e. The Labute approximate surface area is 201 Å². The maximum absolute atomic E-state index is 13.5. The Morgan fingerprint density at radius 3 is 2.32 bits per heavy atom. The lowest BCUT2D eigenvalue weighted by Gasteiger charge is -2.30. The molecule has 34 heavy (non-hydrogen) atoms. The van der Waals surface area contributed by atoms with Crippen LogP contribution in [0.5, 0.6) is 0 Å². The first-order valence-electron chi connectivity index (χ1n) is 11.9. The van der Waals surface area contributed by atoms with Gasteiger partial charge in [0.15, 0.2) is 0 Å². The molecule has 0 atom stereocenters. The van der Waals surface area contributed by atoms with Crippen LogP contribution in [0, 0.1) is 26.7 Å². The van der Waals surface area contributed by atoms with E-state index in [4.69, 9.17) is 0 Å². The van der Waals surface area contributed by atoms with Gasteiger partial charge in [0.05, 0.1) is 11.4 Å². The molecule has 0 radical (unpaired) electrons. The number of likely N-dealkylation sites (tertiary alicyclic amines) is 1. The number of nitrogens with one attached hydrogen (secondary N) is 1. The summed E-state index contributed by atoms with van der Waals surface area (Å²) < 4.78 is 29.9. The molecule has 2 aliphatic rings. The minimum atomic E-state index is -3.78. The topological polar surface area (TPSA) is 105 Å². The number of nitrogens with zero attached hydrogens (tertiary/aromatic N) is 4. The molecule has 1 aromatic heterocycles. The molecule has 0 spiro atoms. The van der Waals surface area contributed by atoms with Crippen LogP contribution in [0.1, 0.15) is 42.6 Å². The van der Waals surface area contributed by atoms with E-state index < -0.39 is 10.0 Å². The van der Waals surface area contributed by atoms with Crippen molar-refractivity contribution < 1.29 is 18.0 Å². The number of carbonyl (C=O) groups is 2. The van der Waals surface area contributed by atoms with Crippen LogP contribution in [0.4, 0.5) is 5.69 Å². The molecule has 10 heteroatoms. The molecule has 2 saturated heterocycles. The van der Waals surface area contributed by atoms with Crippen LogP contribution >= 0.6 is 0 Å². The van der Waals surface area contributed by atoms with Gasteiger partial charge in [0.1, 0.15) is 11.4 Å². The molecule has 1 aromatic carbocycles. The number of sulfonamides is 1. The molecule has 0 saturated carbocycles. The lowest BCUT2D eigenvalue weighted by molar-refractivity contribution is -0.131. The van der Waals surface area contributed by atoms with Gasteiger partial charge in [-0.2, -0.15) is 9.40 Å². The summed E-state index contributed by atoms with van der Waals surface area (Å²) >= 11 is 0. The first kappa shape index (κ1) is 24.4. The number of anilines is 1. The van der Waals surface area contributed by atoms with Gasteiger partial charge in [-0.3, -0.25) is 14.3 Å². The van der Waals surface area contributed by atoms with Crippen LogP contribution in [0.15, 0.2) is 29.2 Å². The van der Waals surface area contributed by atoms with Crippen molar-refractivity contribution in [2.75, 3.05) is 31.5 Å². The molecule has 2 amide bonds.